The summed E-state index contributed by atoms with van der Waals surface area (Å²) in [5.74, 6) is -1.03. The van der Waals surface area contributed by atoms with E-state index in [-0.39, 0.29) is 12.5 Å². The van der Waals surface area contributed by atoms with Gasteiger partial charge in [0.2, 0.25) is 5.91 Å². The van der Waals surface area contributed by atoms with Gasteiger partial charge in [-0.1, -0.05) is 11.6 Å². The third-order valence-corrected chi connectivity index (χ3v) is 3.26. The van der Waals surface area contributed by atoms with Crippen molar-refractivity contribution >= 4 is 11.9 Å². The Balaban J connectivity index is 2.54. The van der Waals surface area contributed by atoms with Crippen LogP contribution in [0.3, 0.4) is 0 Å². The number of hydrogen-bond donors (Lipinski definition) is 1. The number of allylic oxidation sites excluding steroid dienone is 1. The number of carbonyl (C=O) groups excluding carboxylic acids is 1. The van der Waals surface area contributed by atoms with Crippen molar-refractivity contribution in [2.45, 2.75) is 32.1 Å². The maximum atomic E-state index is 12.2. The summed E-state index contributed by atoms with van der Waals surface area (Å²) < 4.78 is 0. The fraction of sp³-hybridized carbons (Fsp3) is 0.714. The van der Waals surface area contributed by atoms with Crippen molar-refractivity contribution in [3.8, 4) is 0 Å². The van der Waals surface area contributed by atoms with Gasteiger partial charge >= 0.3 is 5.97 Å². The van der Waals surface area contributed by atoms with Crippen LogP contribution in [0, 0.1) is 0 Å². The third-order valence-electron chi connectivity index (χ3n) is 3.26. The predicted octanol–water partition coefficient (Wildman–Crippen LogP) is 1.35. The molecule has 0 unspecified atom stereocenters. The van der Waals surface area contributed by atoms with Crippen LogP contribution in [0.4, 0.5) is 0 Å². The molecule has 0 bridgehead atoms. The first-order valence-corrected chi connectivity index (χ1v) is 6.81. The highest BCUT2D eigenvalue weighted by Crippen LogP contribution is 2.20. The standard InChI is InChI=1S/C14H24N2O3/c1-15(2)8-9-16(11-14(18)19)13(17)10-12-6-4-3-5-7-12/h6H,3-5,7-11H2,1-2H3,(H,18,19). The lowest BCUT2D eigenvalue weighted by Gasteiger charge is -2.24. The SMILES string of the molecule is CN(C)CCN(CC(=O)O)C(=O)CC1=CCCCC1. The summed E-state index contributed by atoms with van der Waals surface area (Å²) in [4.78, 5) is 26.4. The van der Waals surface area contributed by atoms with Crippen LogP contribution in [0.5, 0.6) is 0 Å². The number of amides is 1. The Hall–Kier alpha value is -1.36. The Labute approximate surface area is 114 Å². The molecule has 0 heterocycles. The van der Waals surface area contributed by atoms with Crippen molar-refractivity contribution in [1.29, 1.82) is 0 Å². The van der Waals surface area contributed by atoms with E-state index in [1.807, 2.05) is 19.0 Å². The van der Waals surface area contributed by atoms with E-state index in [1.54, 1.807) is 0 Å². The zero-order valence-electron chi connectivity index (χ0n) is 11.9. The Bertz CT molecular complexity index is 351. The van der Waals surface area contributed by atoms with Gasteiger partial charge in [0.15, 0.2) is 0 Å². The summed E-state index contributed by atoms with van der Waals surface area (Å²) >= 11 is 0. The first-order valence-electron chi connectivity index (χ1n) is 6.81. The van der Waals surface area contributed by atoms with Crippen LogP contribution in [0.15, 0.2) is 11.6 Å². The van der Waals surface area contributed by atoms with E-state index >= 15 is 0 Å². The fourth-order valence-corrected chi connectivity index (χ4v) is 2.15. The molecule has 0 aliphatic heterocycles. The van der Waals surface area contributed by atoms with E-state index in [0.29, 0.717) is 19.5 Å². The van der Waals surface area contributed by atoms with Crippen LogP contribution in [-0.4, -0.2) is 60.5 Å². The summed E-state index contributed by atoms with van der Waals surface area (Å²) in [6.45, 7) is 0.934. The number of likely N-dealkylation sites (N-methyl/N-ethyl adjacent to an activating group) is 1. The van der Waals surface area contributed by atoms with Gasteiger partial charge in [0.1, 0.15) is 6.54 Å². The number of nitrogens with zero attached hydrogens (tertiary/aromatic N) is 2. The Morgan fingerprint density at radius 2 is 2.00 bits per heavy atom. The highest BCUT2D eigenvalue weighted by atomic mass is 16.4. The minimum atomic E-state index is -0.954. The van der Waals surface area contributed by atoms with E-state index in [0.717, 1.165) is 24.8 Å². The van der Waals surface area contributed by atoms with Crippen LogP contribution in [-0.2, 0) is 9.59 Å². The lowest BCUT2D eigenvalue weighted by atomic mass is 9.97. The van der Waals surface area contributed by atoms with Crippen molar-refractivity contribution in [1.82, 2.24) is 9.80 Å². The maximum Gasteiger partial charge on any atom is 0.323 e. The molecule has 0 fully saturated rings. The summed E-state index contributed by atoms with van der Waals surface area (Å²) in [6.07, 6.45) is 6.85. The van der Waals surface area contributed by atoms with E-state index < -0.39 is 5.97 Å². The molecule has 0 saturated heterocycles. The molecule has 5 nitrogen and oxygen atoms in total. The van der Waals surface area contributed by atoms with Gasteiger partial charge in [0, 0.05) is 19.5 Å². The average Bonchev–Trinajstić information content (AvgIpc) is 2.35. The van der Waals surface area contributed by atoms with E-state index in [2.05, 4.69) is 6.08 Å². The second-order valence-electron chi connectivity index (χ2n) is 5.30. The second-order valence-corrected chi connectivity index (χ2v) is 5.30. The van der Waals surface area contributed by atoms with Crippen molar-refractivity contribution in [3.63, 3.8) is 0 Å². The third kappa shape index (κ3) is 6.38. The molecule has 0 aromatic carbocycles. The Morgan fingerprint density at radius 3 is 2.53 bits per heavy atom. The van der Waals surface area contributed by atoms with Gasteiger partial charge in [-0.25, -0.2) is 0 Å². The predicted molar refractivity (Wildman–Crippen MR) is 73.9 cm³/mol. The number of rotatable bonds is 7. The molecule has 1 aliphatic rings. The van der Waals surface area contributed by atoms with Gasteiger partial charge in [-0.2, -0.15) is 0 Å². The molecule has 1 amide bonds. The van der Waals surface area contributed by atoms with Gasteiger partial charge in [-0.3, -0.25) is 9.59 Å². The minimum Gasteiger partial charge on any atom is -0.480 e. The van der Waals surface area contributed by atoms with E-state index in [1.165, 1.54) is 11.3 Å². The summed E-state index contributed by atoms with van der Waals surface area (Å²) in [5.41, 5.74) is 1.16. The first kappa shape index (κ1) is 15.7. The number of carbonyl (C=O) groups is 2. The molecule has 19 heavy (non-hydrogen) atoms. The molecular formula is C14H24N2O3. The van der Waals surface area contributed by atoms with Crippen LogP contribution in [0.25, 0.3) is 0 Å². The van der Waals surface area contributed by atoms with Crippen molar-refractivity contribution in [3.05, 3.63) is 11.6 Å². The number of hydrogen-bond acceptors (Lipinski definition) is 3. The Kier molecular flexibility index (Phi) is 6.56. The van der Waals surface area contributed by atoms with Gasteiger partial charge in [-0.05, 0) is 39.8 Å². The van der Waals surface area contributed by atoms with E-state index in [9.17, 15) is 9.59 Å². The van der Waals surface area contributed by atoms with Crippen LogP contribution in [0.1, 0.15) is 32.1 Å². The smallest absolute Gasteiger partial charge is 0.323 e. The molecule has 0 spiro atoms. The van der Waals surface area contributed by atoms with Gasteiger partial charge in [0.25, 0.3) is 0 Å². The van der Waals surface area contributed by atoms with Crippen LogP contribution >= 0.6 is 0 Å². The topological polar surface area (TPSA) is 60.9 Å². The normalized spacial score (nSPS) is 15.2. The van der Waals surface area contributed by atoms with Gasteiger partial charge in [0.05, 0.1) is 0 Å². The zero-order valence-corrected chi connectivity index (χ0v) is 11.9. The van der Waals surface area contributed by atoms with Gasteiger partial charge < -0.3 is 14.9 Å². The van der Waals surface area contributed by atoms with Crippen LogP contribution < -0.4 is 0 Å². The van der Waals surface area contributed by atoms with Gasteiger partial charge in [-0.15, -0.1) is 0 Å². The largest absolute Gasteiger partial charge is 0.480 e. The maximum absolute atomic E-state index is 12.2. The molecule has 108 valence electrons. The Morgan fingerprint density at radius 1 is 1.26 bits per heavy atom. The molecule has 1 aliphatic carbocycles. The molecule has 0 aromatic heterocycles. The highest BCUT2D eigenvalue weighted by Gasteiger charge is 2.18. The fourth-order valence-electron chi connectivity index (χ4n) is 2.15. The zero-order chi connectivity index (χ0) is 14.3. The number of aliphatic carboxylic acids is 1. The van der Waals surface area contributed by atoms with Crippen molar-refractivity contribution < 1.29 is 14.7 Å². The molecule has 5 heteroatoms. The summed E-state index contributed by atoms with van der Waals surface area (Å²) in [7, 11) is 3.82. The van der Waals surface area contributed by atoms with Crippen molar-refractivity contribution in [2.24, 2.45) is 0 Å². The van der Waals surface area contributed by atoms with Crippen LogP contribution in [0.2, 0.25) is 0 Å². The monoisotopic (exact) mass is 268 g/mol. The molecule has 0 atom stereocenters. The van der Waals surface area contributed by atoms with Crippen molar-refractivity contribution in [2.75, 3.05) is 33.7 Å². The average molecular weight is 268 g/mol. The minimum absolute atomic E-state index is 0.0719. The number of carboxylic acid groups (broad SMARTS) is 1. The summed E-state index contributed by atoms with van der Waals surface area (Å²) in [5, 5.41) is 8.88. The molecule has 0 radical (unpaired) electrons. The molecular weight excluding hydrogens is 244 g/mol. The summed E-state index contributed by atoms with van der Waals surface area (Å²) in [6, 6.07) is 0. The first-order chi connectivity index (χ1) is 8.99. The van der Waals surface area contributed by atoms with E-state index in [4.69, 9.17) is 5.11 Å². The molecule has 0 saturated carbocycles. The second kappa shape index (κ2) is 7.94. The lowest BCUT2D eigenvalue weighted by Crippen LogP contribution is -2.40. The molecule has 1 N–H and O–H groups in total. The molecule has 1 rings (SSSR count). The highest BCUT2D eigenvalue weighted by molar-refractivity contribution is 5.83. The number of carboxylic acids is 1. The quantitative estimate of drug-likeness (QED) is 0.708. The lowest BCUT2D eigenvalue weighted by molar-refractivity contribution is -0.144. The molecule has 0 aromatic rings.